The summed E-state index contributed by atoms with van der Waals surface area (Å²) in [7, 11) is 0. The molecule has 46 valence electrons. The van der Waals surface area contributed by atoms with Crippen molar-refractivity contribution in [3.63, 3.8) is 0 Å². The predicted octanol–water partition coefficient (Wildman–Crippen LogP) is 1.82. The average molecular weight is 111 g/mol. The van der Waals surface area contributed by atoms with Gasteiger partial charge in [0.2, 0.25) is 0 Å². The number of rotatable bonds is 2. The fourth-order valence-corrected chi connectivity index (χ4v) is 0.356. The minimum absolute atomic E-state index is 0.856. The molecule has 0 saturated carbocycles. The first-order valence-electron chi connectivity index (χ1n) is 2.86. The Balaban J connectivity index is 3.42. The van der Waals surface area contributed by atoms with Crippen LogP contribution in [0.25, 0.3) is 0 Å². The molecule has 0 aliphatic heterocycles. The van der Waals surface area contributed by atoms with E-state index in [9.17, 15) is 0 Å². The van der Waals surface area contributed by atoms with Gasteiger partial charge in [0.05, 0.1) is 0 Å². The number of allylic oxidation sites excluding steroid dienone is 4. The fourth-order valence-electron chi connectivity index (χ4n) is 0.356. The van der Waals surface area contributed by atoms with E-state index in [4.69, 9.17) is 5.73 Å². The molecule has 1 heteroatoms. The molecule has 0 aliphatic carbocycles. The lowest BCUT2D eigenvalue weighted by Crippen LogP contribution is -1.87. The van der Waals surface area contributed by atoms with Crippen LogP contribution in [0, 0.1) is 0 Å². The maximum absolute atomic E-state index is 5.34. The van der Waals surface area contributed by atoms with E-state index in [1.165, 1.54) is 0 Å². The molecule has 0 atom stereocenters. The van der Waals surface area contributed by atoms with E-state index in [0.717, 1.165) is 12.1 Å². The second-order valence-corrected chi connectivity index (χ2v) is 1.75. The zero-order chi connectivity index (χ0) is 6.41. The zero-order valence-electron chi connectivity index (χ0n) is 5.52. The van der Waals surface area contributed by atoms with Gasteiger partial charge in [0.25, 0.3) is 0 Å². The van der Waals surface area contributed by atoms with Crippen molar-refractivity contribution < 1.29 is 0 Å². The van der Waals surface area contributed by atoms with Gasteiger partial charge in [-0.25, -0.2) is 0 Å². The van der Waals surface area contributed by atoms with Crippen LogP contribution >= 0.6 is 0 Å². The molecule has 0 aliphatic rings. The zero-order valence-corrected chi connectivity index (χ0v) is 5.52. The van der Waals surface area contributed by atoms with Crippen LogP contribution in [0.2, 0.25) is 0 Å². The van der Waals surface area contributed by atoms with E-state index in [-0.39, 0.29) is 0 Å². The quantitative estimate of drug-likeness (QED) is 0.540. The SMILES string of the molecule is CC/C=C\C=C(/C)N. The summed E-state index contributed by atoms with van der Waals surface area (Å²) in [4.78, 5) is 0. The van der Waals surface area contributed by atoms with Crippen LogP contribution in [0.3, 0.4) is 0 Å². The molecule has 0 fully saturated rings. The Hall–Kier alpha value is -0.720. The van der Waals surface area contributed by atoms with Crippen LogP contribution in [0.1, 0.15) is 20.3 Å². The summed E-state index contributed by atoms with van der Waals surface area (Å²) in [5.41, 5.74) is 6.20. The Morgan fingerprint density at radius 1 is 1.62 bits per heavy atom. The molecule has 0 radical (unpaired) electrons. The monoisotopic (exact) mass is 111 g/mol. The summed E-state index contributed by atoms with van der Waals surface area (Å²) in [6, 6.07) is 0. The Morgan fingerprint density at radius 3 is 2.62 bits per heavy atom. The third kappa shape index (κ3) is 5.28. The van der Waals surface area contributed by atoms with Crippen molar-refractivity contribution in [3.05, 3.63) is 23.9 Å². The Labute approximate surface area is 50.9 Å². The summed E-state index contributed by atoms with van der Waals surface area (Å²) >= 11 is 0. The molecule has 8 heavy (non-hydrogen) atoms. The van der Waals surface area contributed by atoms with Gasteiger partial charge in [0.15, 0.2) is 0 Å². The van der Waals surface area contributed by atoms with Gasteiger partial charge in [0.1, 0.15) is 0 Å². The second kappa shape index (κ2) is 4.44. The van der Waals surface area contributed by atoms with Crippen molar-refractivity contribution in [1.82, 2.24) is 0 Å². The molecule has 1 nitrogen and oxygen atoms in total. The van der Waals surface area contributed by atoms with E-state index in [1.54, 1.807) is 0 Å². The van der Waals surface area contributed by atoms with E-state index in [0.29, 0.717) is 0 Å². The van der Waals surface area contributed by atoms with Crippen molar-refractivity contribution in [2.24, 2.45) is 5.73 Å². The van der Waals surface area contributed by atoms with Gasteiger partial charge in [-0.1, -0.05) is 19.1 Å². The second-order valence-electron chi connectivity index (χ2n) is 1.75. The number of hydrogen-bond donors (Lipinski definition) is 1. The van der Waals surface area contributed by atoms with Crippen LogP contribution in [-0.2, 0) is 0 Å². The Morgan fingerprint density at radius 2 is 2.25 bits per heavy atom. The minimum atomic E-state index is 0.856. The van der Waals surface area contributed by atoms with Crippen molar-refractivity contribution in [2.45, 2.75) is 20.3 Å². The van der Waals surface area contributed by atoms with Crippen LogP contribution < -0.4 is 5.73 Å². The van der Waals surface area contributed by atoms with Crippen LogP contribution in [0.5, 0.6) is 0 Å². The third-order valence-corrected chi connectivity index (χ3v) is 0.731. The molecule has 0 spiro atoms. The lowest BCUT2D eigenvalue weighted by atomic mass is 10.3. The van der Waals surface area contributed by atoms with Crippen molar-refractivity contribution in [1.29, 1.82) is 0 Å². The van der Waals surface area contributed by atoms with Crippen LogP contribution in [0.4, 0.5) is 0 Å². The molecule has 0 aromatic heterocycles. The molecule has 2 N–H and O–H groups in total. The smallest absolute Gasteiger partial charge is 0.00487 e. The molecular weight excluding hydrogens is 98.1 g/mol. The van der Waals surface area contributed by atoms with Gasteiger partial charge >= 0.3 is 0 Å². The first-order chi connectivity index (χ1) is 3.77. The highest BCUT2D eigenvalue weighted by molar-refractivity contribution is 5.06. The van der Waals surface area contributed by atoms with E-state index in [1.807, 2.05) is 19.1 Å². The lowest BCUT2D eigenvalue weighted by molar-refractivity contribution is 1.22. The highest BCUT2D eigenvalue weighted by atomic mass is 14.5. The highest BCUT2D eigenvalue weighted by Gasteiger charge is 1.67. The number of nitrogens with two attached hydrogens (primary N) is 1. The summed E-state index contributed by atoms with van der Waals surface area (Å²) in [6.45, 7) is 3.97. The first kappa shape index (κ1) is 7.28. The van der Waals surface area contributed by atoms with E-state index in [2.05, 4.69) is 13.0 Å². The normalized spacial score (nSPS) is 13.0. The minimum Gasteiger partial charge on any atom is -0.402 e. The highest BCUT2D eigenvalue weighted by Crippen LogP contribution is 1.83. The summed E-state index contributed by atoms with van der Waals surface area (Å²) in [5, 5.41) is 0. The van der Waals surface area contributed by atoms with Crippen molar-refractivity contribution in [2.75, 3.05) is 0 Å². The maximum atomic E-state index is 5.34. The number of hydrogen-bond acceptors (Lipinski definition) is 1. The van der Waals surface area contributed by atoms with Gasteiger partial charge in [0, 0.05) is 5.70 Å². The van der Waals surface area contributed by atoms with Gasteiger partial charge in [-0.2, -0.15) is 0 Å². The molecule has 0 rings (SSSR count). The van der Waals surface area contributed by atoms with Crippen LogP contribution in [-0.4, -0.2) is 0 Å². The maximum Gasteiger partial charge on any atom is 0.00487 e. The molecule has 0 aromatic rings. The topological polar surface area (TPSA) is 26.0 Å². The molecule has 0 aromatic carbocycles. The molecule has 0 amide bonds. The first-order valence-corrected chi connectivity index (χ1v) is 2.86. The summed E-state index contributed by atoms with van der Waals surface area (Å²) < 4.78 is 0. The van der Waals surface area contributed by atoms with Gasteiger partial charge in [-0.3, -0.25) is 0 Å². The molecule has 0 unspecified atom stereocenters. The van der Waals surface area contributed by atoms with Gasteiger partial charge in [-0.05, 0) is 19.4 Å². The lowest BCUT2D eigenvalue weighted by Gasteiger charge is -1.81. The standard InChI is InChI=1S/C7H13N/c1-3-4-5-6-7(2)8/h4-6H,3,8H2,1-2H3/b5-4-,7-6+. The predicted molar refractivity (Wildman–Crippen MR) is 37.4 cm³/mol. The fraction of sp³-hybridized carbons (Fsp3) is 0.429. The van der Waals surface area contributed by atoms with Crippen LogP contribution in [0.15, 0.2) is 23.9 Å². The largest absolute Gasteiger partial charge is 0.402 e. The van der Waals surface area contributed by atoms with Crippen molar-refractivity contribution >= 4 is 0 Å². The van der Waals surface area contributed by atoms with E-state index >= 15 is 0 Å². The van der Waals surface area contributed by atoms with Gasteiger partial charge < -0.3 is 5.73 Å². The molecule has 0 heterocycles. The molecular formula is C7H13N. The average Bonchev–Trinajstić information content (AvgIpc) is 1.66. The summed E-state index contributed by atoms with van der Waals surface area (Å²) in [5.74, 6) is 0. The van der Waals surface area contributed by atoms with Crippen molar-refractivity contribution in [3.8, 4) is 0 Å². The molecule has 0 saturated heterocycles. The van der Waals surface area contributed by atoms with E-state index < -0.39 is 0 Å². The summed E-state index contributed by atoms with van der Waals surface area (Å²) in [6.07, 6.45) is 7.00. The Kier molecular flexibility index (Phi) is 4.04. The third-order valence-electron chi connectivity index (χ3n) is 0.731. The molecule has 0 bridgehead atoms. The van der Waals surface area contributed by atoms with Gasteiger partial charge in [-0.15, -0.1) is 0 Å². The Bertz CT molecular complexity index is 97.0.